The molecule has 0 N–H and O–H groups in total. The van der Waals surface area contributed by atoms with Crippen molar-refractivity contribution in [2.24, 2.45) is 0 Å². The molecule has 0 radical (unpaired) electrons. The summed E-state index contributed by atoms with van der Waals surface area (Å²) in [5.74, 6) is 0.450. The Morgan fingerprint density at radius 3 is 2.58 bits per heavy atom. The lowest BCUT2D eigenvalue weighted by molar-refractivity contribution is 0.626. The fraction of sp³-hybridized carbons (Fsp3) is 0.154. The number of nitrogens with zero attached hydrogens (tertiary/aromatic N) is 4. The minimum Gasteiger partial charge on any atom is -0.320 e. The fourth-order valence-electron chi connectivity index (χ4n) is 1.54. The summed E-state index contributed by atoms with van der Waals surface area (Å²) < 4.78 is 14.4. The van der Waals surface area contributed by atoms with E-state index in [1.54, 1.807) is 28.5 Å². The van der Waals surface area contributed by atoms with Crippen LogP contribution in [0.25, 0.3) is 0 Å². The molecular formula is C13H9FN4S. The van der Waals surface area contributed by atoms with Crippen molar-refractivity contribution < 1.29 is 4.39 Å². The molecule has 6 heteroatoms. The molecule has 94 valence electrons. The van der Waals surface area contributed by atoms with Crippen LogP contribution in [0, 0.1) is 28.5 Å². The number of aromatic nitrogens is 2. The van der Waals surface area contributed by atoms with Gasteiger partial charge in [-0.05, 0) is 24.3 Å². The third-order valence-electron chi connectivity index (χ3n) is 2.46. The summed E-state index contributed by atoms with van der Waals surface area (Å²) in [4.78, 5) is 4.82. The molecule has 0 amide bonds. The molecule has 2 rings (SSSR count). The second kappa shape index (κ2) is 6.03. The molecular weight excluding hydrogens is 263 g/mol. The van der Waals surface area contributed by atoms with Crippen molar-refractivity contribution in [1.29, 1.82) is 10.5 Å². The van der Waals surface area contributed by atoms with E-state index in [1.165, 1.54) is 18.5 Å². The maximum absolute atomic E-state index is 12.7. The van der Waals surface area contributed by atoms with Crippen LogP contribution >= 0.6 is 11.8 Å². The standard InChI is InChI=1S/C13H9FN4S/c14-10-1-3-11(4-2-10)19-6-5-18-9-17-12(7-15)13(18)8-16/h1-4,9H,5-6H2. The van der Waals surface area contributed by atoms with Gasteiger partial charge in [-0.25, -0.2) is 9.37 Å². The quantitative estimate of drug-likeness (QED) is 0.802. The normalized spacial score (nSPS) is 9.84. The van der Waals surface area contributed by atoms with Crippen LogP contribution in [0.1, 0.15) is 11.4 Å². The van der Waals surface area contributed by atoms with Gasteiger partial charge in [0.25, 0.3) is 0 Å². The van der Waals surface area contributed by atoms with Crippen LogP contribution in [-0.2, 0) is 6.54 Å². The summed E-state index contributed by atoms with van der Waals surface area (Å²) >= 11 is 1.55. The van der Waals surface area contributed by atoms with Gasteiger partial charge in [0.15, 0.2) is 11.4 Å². The van der Waals surface area contributed by atoms with Gasteiger partial charge in [-0.3, -0.25) is 0 Å². The number of rotatable bonds is 4. The summed E-state index contributed by atoms with van der Waals surface area (Å²) in [6.45, 7) is 0.569. The third-order valence-corrected chi connectivity index (χ3v) is 3.46. The summed E-state index contributed by atoms with van der Waals surface area (Å²) in [6, 6.07) is 10.1. The highest BCUT2D eigenvalue weighted by Gasteiger charge is 2.09. The van der Waals surface area contributed by atoms with E-state index >= 15 is 0 Å². The van der Waals surface area contributed by atoms with E-state index in [4.69, 9.17) is 10.5 Å². The Morgan fingerprint density at radius 1 is 1.21 bits per heavy atom. The van der Waals surface area contributed by atoms with Crippen LogP contribution in [0.2, 0.25) is 0 Å². The number of hydrogen-bond donors (Lipinski definition) is 0. The van der Waals surface area contributed by atoms with Gasteiger partial charge in [0.05, 0.1) is 6.33 Å². The van der Waals surface area contributed by atoms with Crippen LogP contribution in [0.3, 0.4) is 0 Å². The summed E-state index contributed by atoms with van der Waals surface area (Å²) in [5.41, 5.74) is 0.427. The number of imidazole rings is 1. The highest BCUT2D eigenvalue weighted by atomic mass is 32.2. The second-order valence-electron chi connectivity index (χ2n) is 3.66. The lowest BCUT2D eigenvalue weighted by Gasteiger charge is -2.04. The number of thioether (sulfide) groups is 1. The van der Waals surface area contributed by atoms with Crippen molar-refractivity contribution in [3.63, 3.8) is 0 Å². The van der Waals surface area contributed by atoms with Crippen LogP contribution < -0.4 is 0 Å². The van der Waals surface area contributed by atoms with Crippen molar-refractivity contribution in [3.05, 3.63) is 47.8 Å². The molecule has 0 aliphatic rings. The molecule has 0 spiro atoms. The van der Waals surface area contributed by atoms with E-state index in [9.17, 15) is 4.39 Å². The highest BCUT2D eigenvalue weighted by Crippen LogP contribution is 2.18. The number of benzene rings is 1. The minimum atomic E-state index is -0.260. The van der Waals surface area contributed by atoms with E-state index in [2.05, 4.69) is 4.98 Å². The molecule has 0 saturated carbocycles. The Labute approximate surface area is 114 Å². The molecule has 0 unspecified atom stereocenters. The van der Waals surface area contributed by atoms with Crippen molar-refractivity contribution in [2.75, 3.05) is 5.75 Å². The molecule has 1 aromatic heterocycles. The van der Waals surface area contributed by atoms with E-state index in [-0.39, 0.29) is 17.2 Å². The maximum Gasteiger partial charge on any atom is 0.176 e. The zero-order chi connectivity index (χ0) is 13.7. The summed E-state index contributed by atoms with van der Waals surface area (Å²) in [7, 11) is 0. The Hall–Kier alpha value is -2.31. The van der Waals surface area contributed by atoms with E-state index < -0.39 is 0 Å². The summed E-state index contributed by atoms with van der Waals surface area (Å²) in [5, 5.41) is 17.7. The zero-order valence-corrected chi connectivity index (χ0v) is 10.7. The number of hydrogen-bond acceptors (Lipinski definition) is 4. The van der Waals surface area contributed by atoms with Crippen LogP contribution in [0.15, 0.2) is 35.5 Å². The lowest BCUT2D eigenvalue weighted by Crippen LogP contribution is -2.02. The van der Waals surface area contributed by atoms with Crippen molar-refractivity contribution in [1.82, 2.24) is 9.55 Å². The first kappa shape index (κ1) is 13.1. The largest absolute Gasteiger partial charge is 0.320 e. The third kappa shape index (κ3) is 3.12. The Morgan fingerprint density at radius 2 is 1.95 bits per heavy atom. The minimum absolute atomic E-state index is 0.147. The Balaban J connectivity index is 1.97. The smallest absolute Gasteiger partial charge is 0.176 e. The molecule has 1 heterocycles. The first-order valence-electron chi connectivity index (χ1n) is 5.48. The van der Waals surface area contributed by atoms with Crippen LogP contribution in [0.5, 0.6) is 0 Å². The van der Waals surface area contributed by atoms with Crippen molar-refractivity contribution in [3.8, 4) is 12.1 Å². The van der Waals surface area contributed by atoms with Crippen molar-refractivity contribution in [2.45, 2.75) is 11.4 Å². The van der Waals surface area contributed by atoms with Crippen LogP contribution in [-0.4, -0.2) is 15.3 Å². The predicted octanol–water partition coefficient (Wildman–Crippen LogP) is 2.56. The van der Waals surface area contributed by atoms with Gasteiger partial charge in [0.2, 0.25) is 0 Å². The Bertz CT molecular complexity index is 649. The first-order valence-corrected chi connectivity index (χ1v) is 6.47. The fourth-order valence-corrected chi connectivity index (χ4v) is 2.40. The molecule has 0 saturated heterocycles. The molecule has 0 bridgehead atoms. The zero-order valence-electron chi connectivity index (χ0n) is 9.88. The Kier molecular flexibility index (Phi) is 4.17. The molecule has 0 atom stereocenters. The average molecular weight is 272 g/mol. The first-order chi connectivity index (χ1) is 9.24. The van der Waals surface area contributed by atoms with Gasteiger partial charge < -0.3 is 4.57 Å². The monoisotopic (exact) mass is 272 g/mol. The van der Waals surface area contributed by atoms with Crippen LogP contribution in [0.4, 0.5) is 4.39 Å². The molecule has 4 nitrogen and oxygen atoms in total. The van der Waals surface area contributed by atoms with Gasteiger partial charge in [-0.15, -0.1) is 11.8 Å². The van der Waals surface area contributed by atoms with Crippen molar-refractivity contribution >= 4 is 11.8 Å². The summed E-state index contributed by atoms with van der Waals surface area (Å²) in [6.07, 6.45) is 1.49. The molecule has 19 heavy (non-hydrogen) atoms. The molecule has 2 aromatic rings. The average Bonchev–Trinajstić information content (AvgIpc) is 2.83. The molecule has 0 fully saturated rings. The SMILES string of the molecule is N#Cc1ncn(CCSc2ccc(F)cc2)c1C#N. The van der Waals surface area contributed by atoms with Gasteiger partial charge in [-0.2, -0.15) is 10.5 Å². The van der Waals surface area contributed by atoms with Gasteiger partial charge in [0.1, 0.15) is 18.0 Å². The topological polar surface area (TPSA) is 65.4 Å². The number of nitriles is 2. The molecule has 0 aliphatic carbocycles. The van der Waals surface area contributed by atoms with E-state index in [0.717, 1.165) is 4.90 Å². The second-order valence-corrected chi connectivity index (χ2v) is 4.83. The number of aryl methyl sites for hydroxylation is 1. The molecule has 1 aromatic carbocycles. The van der Waals surface area contributed by atoms with Gasteiger partial charge in [-0.1, -0.05) is 0 Å². The predicted molar refractivity (Wildman–Crippen MR) is 68.8 cm³/mol. The van der Waals surface area contributed by atoms with E-state index in [0.29, 0.717) is 12.3 Å². The maximum atomic E-state index is 12.7. The lowest BCUT2D eigenvalue weighted by atomic mass is 10.3. The molecule has 0 aliphatic heterocycles. The van der Waals surface area contributed by atoms with E-state index in [1.807, 2.05) is 12.1 Å². The van der Waals surface area contributed by atoms with Gasteiger partial charge >= 0.3 is 0 Å². The highest BCUT2D eigenvalue weighted by molar-refractivity contribution is 7.99. The van der Waals surface area contributed by atoms with Gasteiger partial charge in [0, 0.05) is 17.2 Å². The number of halogens is 1.